The molecule has 3 aromatic carbocycles. The average Bonchev–Trinajstić information content (AvgIpc) is 3.13. The van der Waals surface area contributed by atoms with E-state index in [2.05, 4.69) is 0 Å². The number of halogens is 3. The van der Waals surface area contributed by atoms with E-state index < -0.39 is 35.2 Å². The molecule has 0 bridgehead atoms. The van der Waals surface area contributed by atoms with Crippen molar-refractivity contribution in [1.82, 2.24) is 4.90 Å². The van der Waals surface area contributed by atoms with E-state index in [4.69, 9.17) is 9.47 Å². The van der Waals surface area contributed by atoms with Crippen LogP contribution in [0.25, 0.3) is 5.76 Å². The smallest absolute Gasteiger partial charge is 0.416 e. The maximum absolute atomic E-state index is 13.2. The van der Waals surface area contributed by atoms with Gasteiger partial charge in [0.25, 0.3) is 11.7 Å². The first-order chi connectivity index (χ1) is 17.2. The fourth-order valence-electron chi connectivity index (χ4n) is 4.41. The average molecular weight is 495 g/mol. The number of aliphatic hydroxyl groups excluding tert-OH is 1. The fraction of sp³-hybridized carbons (Fsp3) is 0.185. The van der Waals surface area contributed by atoms with Gasteiger partial charge < -0.3 is 19.5 Å². The van der Waals surface area contributed by atoms with Crippen LogP contribution in [0.15, 0.2) is 78.4 Å². The molecule has 5 rings (SSSR count). The van der Waals surface area contributed by atoms with E-state index in [0.717, 1.165) is 12.1 Å². The Morgan fingerprint density at radius 1 is 0.917 bits per heavy atom. The van der Waals surface area contributed by atoms with Crippen LogP contribution in [0.5, 0.6) is 11.5 Å². The van der Waals surface area contributed by atoms with Gasteiger partial charge in [0.1, 0.15) is 19.0 Å². The minimum atomic E-state index is -4.55. The highest BCUT2D eigenvalue weighted by atomic mass is 19.4. The highest BCUT2D eigenvalue weighted by Gasteiger charge is 2.46. The number of Topliss-reactive ketones (excluding diaryl/α,β-unsaturated/α-hetero) is 1. The second-order valence-electron chi connectivity index (χ2n) is 8.39. The Morgan fingerprint density at radius 2 is 1.64 bits per heavy atom. The van der Waals surface area contributed by atoms with Crippen LogP contribution < -0.4 is 9.47 Å². The zero-order valence-electron chi connectivity index (χ0n) is 18.8. The molecule has 1 amide bonds. The highest BCUT2D eigenvalue weighted by Crippen LogP contribution is 2.42. The number of carbonyl (C=O) groups is 2. The van der Waals surface area contributed by atoms with Gasteiger partial charge in [0.15, 0.2) is 11.5 Å². The van der Waals surface area contributed by atoms with Gasteiger partial charge in [0.05, 0.1) is 17.2 Å². The van der Waals surface area contributed by atoms with E-state index >= 15 is 0 Å². The number of alkyl halides is 3. The number of ether oxygens (including phenoxy) is 2. The van der Waals surface area contributed by atoms with Crippen LogP contribution in [-0.4, -0.2) is 34.9 Å². The fourth-order valence-corrected chi connectivity index (χ4v) is 4.41. The van der Waals surface area contributed by atoms with Crippen molar-refractivity contribution in [2.75, 3.05) is 13.2 Å². The molecule has 0 spiro atoms. The molecule has 0 radical (unpaired) electrons. The molecule has 9 heteroatoms. The van der Waals surface area contributed by atoms with E-state index in [0.29, 0.717) is 30.3 Å². The number of hydrogen-bond donors (Lipinski definition) is 1. The van der Waals surface area contributed by atoms with E-state index in [-0.39, 0.29) is 23.2 Å². The van der Waals surface area contributed by atoms with Crippen LogP contribution >= 0.6 is 0 Å². The molecule has 2 heterocycles. The molecule has 1 saturated heterocycles. The highest BCUT2D eigenvalue weighted by molar-refractivity contribution is 6.46. The topological polar surface area (TPSA) is 76.1 Å². The van der Waals surface area contributed by atoms with Crippen LogP contribution in [-0.2, 0) is 22.3 Å². The lowest BCUT2D eigenvalue weighted by atomic mass is 9.95. The normalized spacial score (nSPS) is 19.0. The van der Waals surface area contributed by atoms with Crippen LogP contribution in [0.2, 0.25) is 0 Å². The van der Waals surface area contributed by atoms with Gasteiger partial charge in [0, 0.05) is 12.1 Å². The number of benzene rings is 3. The number of amides is 1. The quantitative estimate of drug-likeness (QED) is 0.310. The van der Waals surface area contributed by atoms with Gasteiger partial charge >= 0.3 is 6.18 Å². The first kappa shape index (κ1) is 23.5. The number of rotatable bonds is 4. The predicted molar refractivity (Wildman–Crippen MR) is 123 cm³/mol. The zero-order chi connectivity index (χ0) is 25.4. The van der Waals surface area contributed by atoms with Crippen molar-refractivity contribution in [3.63, 3.8) is 0 Å². The summed E-state index contributed by atoms with van der Waals surface area (Å²) in [7, 11) is 0. The molecule has 0 aromatic heterocycles. The lowest BCUT2D eigenvalue weighted by Crippen LogP contribution is -2.29. The van der Waals surface area contributed by atoms with Gasteiger partial charge in [0.2, 0.25) is 0 Å². The third-order valence-electron chi connectivity index (χ3n) is 6.08. The molecule has 1 unspecified atom stereocenters. The van der Waals surface area contributed by atoms with Crippen LogP contribution in [0.3, 0.4) is 0 Å². The molecule has 0 saturated carbocycles. The Kier molecular flexibility index (Phi) is 5.91. The third kappa shape index (κ3) is 4.28. The number of likely N-dealkylation sites (tertiary alicyclic amines) is 1. The first-order valence-electron chi connectivity index (χ1n) is 11.1. The molecule has 2 aliphatic rings. The molecule has 3 aromatic rings. The predicted octanol–water partition coefficient (Wildman–Crippen LogP) is 5.10. The van der Waals surface area contributed by atoms with Gasteiger partial charge in [-0.05, 0) is 41.5 Å². The van der Waals surface area contributed by atoms with Gasteiger partial charge in [-0.25, -0.2) is 0 Å². The zero-order valence-corrected chi connectivity index (χ0v) is 18.8. The first-order valence-corrected chi connectivity index (χ1v) is 11.1. The van der Waals surface area contributed by atoms with Crippen molar-refractivity contribution in [3.05, 3.63) is 101 Å². The summed E-state index contributed by atoms with van der Waals surface area (Å²) >= 11 is 0. The molecule has 0 aliphatic carbocycles. The lowest BCUT2D eigenvalue weighted by molar-refractivity contribution is -0.140. The van der Waals surface area contributed by atoms with Crippen molar-refractivity contribution in [3.8, 4) is 11.5 Å². The Morgan fingerprint density at radius 3 is 2.36 bits per heavy atom. The van der Waals surface area contributed by atoms with Gasteiger partial charge in [-0.3, -0.25) is 9.59 Å². The van der Waals surface area contributed by atoms with Gasteiger partial charge in [-0.2, -0.15) is 13.2 Å². The Hall–Kier alpha value is -4.27. The van der Waals surface area contributed by atoms with Crippen molar-refractivity contribution in [2.45, 2.75) is 18.8 Å². The van der Waals surface area contributed by atoms with Crippen molar-refractivity contribution >= 4 is 17.4 Å². The molecular weight excluding hydrogens is 475 g/mol. The molecule has 1 atom stereocenters. The monoisotopic (exact) mass is 495 g/mol. The maximum Gasteiger partial charge on any atom is 0.416 e. The molecule has 36 heavy (non-hydrogen) atoms. The minimum Gasteiger partial charge on any atom is -0.507 e. The summed E-state index contributed by atoms with van der Waals surface area (Å²) in [4.78, 5) is 27.5. The van der Waals surface area contributed by atoms with Crippen LogP contribution in [0.1, 0.15) is 28.3 Å². The number of fused-ring (bicyclic) bond motifs is 1. The second kappa shape index (κ2) is 9.07. The number of hydrogen-bond acceptors (Lipinski definition) is 5. The Bertz CT molecular complexity index is 1370. The molecule has 1 fully saturated rings. The van der Waals surface area contributed by atoms with Crippen molar-refractivity contribution in [2.24, 2.45) is 0 Å². The van der Waals surface area contributed by atoms with E-state index in [9.17, 15) is 27.9 Å². The van der Waals surface area contributed by atoms with Crippen molar-refractivity contribution < 1.29 is 37.3 Å². The Balaban J connectivity index is 1.60. The third-order valence-corrected chi connectivity index (χ3v) is 6.08. The summed E-state index contributed by atoms with van der Waals surface area (Å²) in [6.07, 6.45) is -4.55. The molecule has 1 N–H and O–H groups in total. The molecular formula is C27H20F3NO5. The standard InChI is InChI=1S/C27H20F3NO5/c28-27(29,30)19-8-4-5-16(13-19)15-31-23(17-6-2-1-3-7-17)22(25(33)26(31)34)24(32)18-9-10-20-21(14-18)36-12-11-35-20/h1-10,13-14,23,32H,11-12,15H2/b24-22-. The molecule has 6 nitrogen and oxygen atoms in total. The van der Waals surface area contributed by atoms with Gasteiger partial charge in [-0.1, -0.05) is 42.5 Å². The summed E-state index contributed by atoms with van der Waals surface area (Å²) in [5.74, 6) is -1.38. The number of ketones is 1. The Labute approximate surface area is 204 Å². The van der Waals surface area contributed by atoms with Crippen LogP contribution in [0.4, 0.5) is 13.2 Å². The number of aliphatic hydroxyl groups is 1. The van der Waals surface area contributed by atoms with Gasteiger partial charge in [-0.15, -0.1) is 0 Å². The number of carbonyl (C=O) groups excluding carboxylic acids is 2. The lowest BCUT2D eigenvalue weighted by Gasteiger charge is -2.26. The van der Waals surface area contributed by atoms with Crippen LogP contribution in [0, 0.1) is 0 Å². The summed E-state index contributed by atoms with van der Waals surface area (Å²) in [5, 5.41) is 11.2. The SMILES string of the molecule is O=C1C(=O)N(Cc2cccc(C(F)(F)F)c2)C(c2ccccc2)/C1=C(/O)c1ccc2c(c1)OCCO2. The van der Waals surface area contributed by atoms with Crippen molar-refractivity contribution in [1.29, 1.82) is 0 Å². The minimum absolute atomic E-state index is 0.158. The summed E-state index contributed by atoms with van der Waals surface area (Å²) < 4.78 is 50.8. The second-order valence-corrected chi connectivity index (χ2v) is 8.39. The van der Waals surface area contributed by atoms with E-state index in [1.807, 2.05) is 0 Å². The maximum atomic E-state index is 13.2. The summed E-state index contributed by atoms with van der Waals surface area (Å²) in [6.45, 7) is 0.446. The number of nitrogens with zero attached hydrogens (tertiary/aromatic N) is 1. The molecule has 184 valence electrons. The summed E-state index contributed by atoms with van der Waals surface area (Å²) in [6, 6.07) is 16.8. The molecule has 2 aliphatic heterocycles. The van der Waals surface area contributed by atoms with E-state index in [1.54, 1.807) is 42.5 Å². The summed E-state index contributed by atoms with van der Waals surface area (Å²) in [5.41, 5.74) is -0.0361. The largest absolute Gasteiger partial charge is 0.507 e. The van der Waals surface area contributed by atoms with E-state index in [1.165, 1.54) is 23.1 Å².